The predicted molar refractivity (Wildman–Crippen MR) is 161 cm³/mol. The average molecular weight is 577 g/mol. The average Bonchev–Trinajstić information content (AvgIpc) is 2.98. The third-order valence-electron chi connectivity index (χ3n) is 8.06. The summed E-state index contributed by atoms with van der Waals surface area (Å²) in [5.74, 6) is -1.78. The molecule has 2 aromatic carbocycles. The van der Waals surface area contributed by atoms with Gasteiger partial charge in [0, 0.05) is 29.6 Å². The number of esters is 2. The van der Waals surface area contributed by atoms with Gasteiger partial charge in [-0.25, -0.2) is 9.59 Å². The molecule has 42 heavy (non-hydrogen) atoms. The van der Waals surface area contributed by atoms with Gasteiger partial charge in [-0.1, -0.05) is 24.3 Å². The number of likely N-dealkylation sites (tertiary alicyclic amines) is 1. The largest absolute Gasteiger partial charge is 0.508 e. The SMILES string of the molecule is COC(=O)C1=C(C)N=C(C)C(C(=O)OC)C1c1cccc(NC(=O)NCCCN2CCC(c3cccc(O)c3)CC2)c1. The number of phenolic OH excluding ortho intramolecular Hbond substituents is 1. The Morgan fingerprint density at radius 1 is 1.00 bits per heavy atom. The van der Waals surface area contributed by atoms with Crippen LogP contribution in [0.25, 0.3) is 0 Å². The number of nitrogens with zero attached hydrogens (tertiary/aromatic N) is 2. The fraction of sp³-hybridized carbons (Fsp3) is 0.438. The summed E-state index contributed by atoms with van der Waals surface area (Å²) in [5.41, 5.74) is 3.68. The van der Waals surface area contributed by atoms with Crippen LogP contribution < -0.4 is 10.6 Å². The van der Waals surface area contributed by atoms with Gasteiger partial charge in [0.25, 0.3) is 0 Å². The molecule has 0 aromatic heterocycles. The second-order valence-electron chi connectivity index (χ2n) is 10.8. The Kier molecular flexibility index (Phi) is 10.4. The number of aliphatic imine (C=N–C) groups is 1. The summed E-state index contributed by atoms with van der Waals surface area (Å²) in [4.78, 5) is 45.0. The van der Waals surface area contributed by atoms with E-state index in [-0.39, 0.29) is 11.6 Å². The van der Waals surface area contributed by atoms with E-state index < -0.39 is 23.8 Å². The maximum atomic E-state index is 12.8. The maximum Gasteiger partial charge on any atom is 0.336 e. The van der Waals surface area contributed by atoms with Gasteiger partial charge in [-0.05, 0) is 94.1 Å². The fourth-order valence-corrected chi connectivity index (χ4v) is 5.96. The van der Waals surface area contributed by atoms with E-state index in [0.29, 0.717) is 40.9 Å². The lowest BCUT2D eigenvalue weighted by atomic mass is 9.75. The minimum atomic E-state index is -0.804. The van der Waals surface area contributed by atoms with Gasteiger partial charge in [0.15, 0.2) is 0 Å². The minimum absolute atomic E-state index is 0.283. The first kappa shape index (κ1) is 30.8. The molecule has 10 heteroatoms. The van der Waals surface area contributed by atoms with E-state index in [9.17, 15) is 19.5 Å². The van der Waals surface area contributed by atoms with Crippen molar-refractivity contribution in [2.24, 2.45) is 10.9 Å². The Morgan fingerprint density at radius 2 is 1.71 bits per heavy atom. The summed E-state index contributed by atoms with van der Waals surface area (Å²) < 4.78 is 10.1. The van der Waals surface area contributed by atoms with Crippen molar-refractivity contribution in [2.75, 3.05) is 45.7 Å². The number of aromatic hydroxyl groups is 1. The molecule has 2 aromatic rings. The van der Waals surface area contributed by atoms with Crippen LogP contribution in [0.2, 0.25) is 0 Å². The zero-order chi connectivity index (χ0) is 30.2. The molecule has 0 radical (unpaired) electrons. The van der Waals surface area contributed by atoms with Gasteiger partial charge in [0.1, 0.15) is 11.7 Å². The fourth-order valence-electron chi connectivity index (χ4n) is 5.96. The number of hydrogen-bond acceptors (Lipinski definition) is 8. The first-order valence-corrected chi connectivity index (χ1v) is 14.3. The summed E-state index contributed by atoms with van der Waals surface area (Å²) in [7, 11) is 2.59. The zero-order valence-electron chi connectivity index (χ0n) is 24.7. The standard InChI is InChI=1S/C32H40N4O6/c1-20-27(30(38)41-3)29(28(21(2)34-20)31(39)42-4)24-9-5-10-25(18-24)35-32(40)33-14-7-15-36-16-12-22(13-17-36)23-8-6-11-26(37)19-23/h5-6,8-11,18-19,22,27,29,37H,7,12-17H2,1-4H3,(H2,33,35,40). The number of methoxy groups -OCH3 is 2. The van der Waals surface area contributed by atoms with E-state index in [1.54, 1.807) is 38.1 Å². The molecule has 2 aliphatic heterocycles. The van der Waals surface area contributed by atoms with Crippen LogP contribution in [-0.4, -0.2) is 74.1 Å². The predicted octanol–water partition coefficient (Wildman–Crippen LogP) is 4.58. The number of benzene rings is 2. The minimum Gasteiger partial charge on any atom is -0.508 e. The van der Waals surface area contributed by atoms with Gasteiger partial charge in [-0.2, -0.15) is 0 Å². The Labute approximate surface area is 246 Å². The molecule has 0 bridgehead atoms. The quantitative estimate of drug-likeness (QED) is 0.294. The molecule has 10 nitrogen and oxygen atoms in total. The first-order valence-electron chi connectivity index (χ1n) is 14.3. The Morgan fingerprint density at radius 3 is 2.40 bits per heavy atom. The van der Waals surface area contributed by atoms with Crippen LogP contribution in [0.1, 0.15) is 56.1 Å². The summed E-state index contributed by atoms with van der Waals surface area (Å²) in [6.07, 6.45) is 2.91. The Hall–Kier alpha value is -4.18. The van der Waals surface area contributed by atoms with Crippen LogP contribution in [0.4, 0.5) is 10.5 Å². The molecule has 2 heterocycles. The number of anilines is 1. The van der Waals surface area contributed by atoms with Gasteiger partial charge >= 0.3 is 18.0 Å². The Balaban J connectivity index is 1.31. The number of nitrogens with one attached hydrogen (secondary N) is 2. The van der Waals surface area contributed by atoms with Crippen molar-refractivity contribution < 1.29 is 29.0 Å². The molecule has 1 saturated heterocycles. The smallest absolute Gasteiger partial charge is 0.336 e. The molecule has 2 aliphatic rings. The highest BCUT2D eigenvalue weighted by Crippen LogP contribution is 2.40. The van der Waals surface area contributed by atoms with Crippen molar-refractivity contribution in [2.45, 2.75) is 44.9 Å². The molecule has 2 atom stereocenters. The molecular formula is C32H40N4O6. The number of piperidine rings is 1. The van der Waals surface area contributed by atoms with E-state index in [2.05, 4.69) is 26.6 Å². The van der Waals surface area contributed by atoms with E-state index in [0.717, 1.165) is 38.9 Å². The molecule has 2 unspecified atom stereocenters. The summed E-state index contributed by atoms with van der Waals surface area (Å²) in [6.45, 7) is 6.83. The number of phenols is 1. The molecular weight excluding hydrogens is 536 g/mol. The monoisotopic (exact) mass is 576 g/mol. The molecule has 0 aliphatic carbocycles. The van der Waals surface area contributed by atoms with Crippen molar-refractivity contribution in [1.82, 2.24) is 10.2 Å². The lowest BCUT2D eigenvalue weighted by Crippen LogP contribution is -2.36. The third-order valence-corrected chi connectivity index (χ3v) is 8.06. The number of rotatable bonds is 9. The lowest BCUT2D eigenvalue weighted by molar-refractivity contribution is -0.143. The van der Waals surface area contributed by atoms with Crippen molar-refractivity contribution >= 4 is 29.4 Å². The number of urea groups is 1. The number of amides is 2. The third kappa shape index (κ3) is 7.36. The van der Waals surface area contributed by atoms with Crippen LogP contribution in [0, 0.1) is 5.92 Å². The molecule has 0 saturated carbocycles. The van der Waals surface area contributed by atoms with E-state index in [1.165, 1.54) is 19.8 Å². The second-order valence-corrected chi connectivity index (χ2v) is 10.8. The normalized spacial score (nSPS) is 19.6. The Bertz CT molecular complexity index is 1360. The molecule has 0 spiro atoms. The van der Waals surface area contributed by atoms with Crippen LogP contribution in [0.15, 0.2) is 64.8 Å². The zero-order valence-corrected chi connectivity index (χ0v) is 24.7. The molecule has 3 N–H and O–H groups in total. The highest BCUT2D eigenvalue weighted by atomic mass is 16.5. The van der Waals surface area contributed by atoms with E-state index in [4.69, 9.17) is 9.47 Å². The van der Waals surface area contributed by atoms with Crippen LogP contribution in [0.5, 0.6) is 5.75 Å². The number of hydrogen-bond donors (Lipinski definition) is 3. The van der Waals surface area contributed by atoms with Gasteiger partial charge < -0.3 is 30.1 Å². The highest BCUT2D eigenvalue weighted by Gasteiger charge is 2.42. The number of ether oxygens (including phenoxy) is 2. The van der Waals surface area contributed by atoms with Crippen molar-refractivity contribution in [1.29, 1.82) is 0 Å². The summed E-state index contributed by atoms with van der Waals surface area (Å²) in [6, 6.07) is 14.3. The van der Waals surface area contributed by atoms with Crippen molar-refractivity contribution in [3.05, 3.63) is 70.9 Å². The van der Waals surface area contributed by atoms with E-state index in [1.807, 2.05) is 18.2 Å². The number of carbonyl (C=O) groups is 3. The number of carbonyl (C=O) groups excluding carboxylic acids is 3. The van der Waals surface area contributed by atoms with Crippen LogP contribution >= 0.6 is 0 Å². The van der Waals surface area contributed by atoms with Gasteiger partial charge in [0.2, 0.25) is 0 Å². The van der Waals surface area contributed by atoms with Crippen molar-refractivity contribution in [3.8, 4) is 5.75 Å². The molecule has 2 amide bonds. The van der Waals surface area contributed by atoms with Crippen LogP contribution in [0.3, 0.4) is 0 Å². The number of allylic oxidation sites excluding steroid dienone is 1. The van der Waals surface area contributed by atoms with Crippen LogP contribution in [-0.2, 0) is 19.1 Å². The molecule has 224 valence electrons. The molecule has 1 fully saturated rings. The van der Waals surface area contributed by atoms with E-state index >= 15 is 0 Å². The molecule has 4 rings (SSSR count). The summed E-state index contributed by atoms with van der Waals surface area (Å²) in [5, 5.41) is 15.5. The second kappa shape index (κ2) is 14.1. The van der Waals surface area contributed by atoms with Gasteiger partial charge in [0.05, 0.1) is 19.8 Å². The topological polar surface area (TPSA) is 130 Å². The summed E-state index contributed by atoms with van der Waals surface area (Å²) >= 11 is 0. The van der Waals surface area contributed by atoms with Gasteiger partial charge in [-0.15, -0.1) is 0 Å². The lowest BCUT2D eigenvalue weighted by Gasteiger charge is -2.32. The van der Waals surface area contributed by atoms with Gasteiger partial charge in [-0.3, -0.25) is 9.79 Å². The maximum absolute atomic E-state index is 12.8. The van der Waals surface area contributed by atoms with Crippen molar-refractivity contribution in [3.63, 3.8) is 0 Å². The first-order chi connectivity index (χ1) is 20.2. The highest BCUT2D eigenvalue weighted by molar-refractivity contribution is 6.07.